The zero-order valence-corrected chi connectivity index (χ0v) is 16.6. The highest BCUT2D eigenvalue weighted by Gasteiger charge is 2.22. The molecule has 142 valence electrons. The van der Waals surface area contributed by atoms with Crippen molar-refractivity contribution in [1.29, 1.82) is 0 Å². The van der Waals surface area contributed by atoms with Crippen molar-refractivity contribution >= 4 is 36.4 Å². The number of anilines is 1. The smallest absolute Gasteiger partial charge is 0.243 e. The number of nitrogens with one attached hydrogen (secondary N) is 2. The average molecular weight is 398 g/mol. The van der Waals surface area contributed by atoms with Gasteiger partial charge in [0.2, 0.25) is 11.8 Å². The second kappa shape index (κ2) is 10.4. The molecule has 5 nitrogen and oxygen atoms in total. The summed E-state index contributed by atoms with van der Waals surface area (Å²) >= 11 is 0. The van der Waals surface area contributed by atoms with E-state index < -0.39 is 0 Å². The fourth-order valence-corrected chi connectivity index (χ4v) is 2.82. The van der Waals surface area contributed by atoms with Crippen LogP contribution in [0, 0.1) is 19.8 Å². The van der Waals surface area contributed by atoms with Crippen molar-refractivity contribution < 1.29 is 9.53 Å². The van der Waals surface area contributed by atoms with Crippen LogP contribution < -0.4 is 15.4 Å². The molecule has 2 heterocycles. The van der Waals surface area contributed by atoms with E-state index in [0.717, 1.165) is 42.8 Å². The Kier molecular flexibility index (Phi) is 8.85. The standard InChI is InChI=1S/C19H23N3O2.2ClH/c1-13-6-3-9-17(14(13)2)24-19-16(8-5-11-21-19)22-18(23)15-7-4-10-20-12-15;;/h3,5-6,8-9,11,15,20H,4,7,10,12H2,1-2H3,(H,22,23);2*1H. The third kappa shape index (κ3) is 5.34. The van der Waals surface area contributed by atoms with Crippen LogP contribution in [0.2, 0.25) is 0 Å². The van der Waals surface area contributed by atoms with E-state index in [-0.39, 0.29) is 36.6 Å². The van der Waals surface area contributed by atoms with Crippen LogP contribution in [0.5, 0.6) is 11.6 Å². The fraction of sp³-hybridized carbons (Fsp3) is 0.368. The Morgan fingerprint density at radius 1 is 1.23 bits per heavy atom. The molecule has 1 atom stereocenters. The first-order valence-corrected chi connectivity index (χ1v) is 8.36. The van der Waals surface area contributed by atoms with Gasteiger partial charge in [0.05, 0.1) is 5.92 Å². The van der Waals surface area contributed by atoms with Crippen LogP contribution in [0.15, 0.2) is 36.5 Å². The van der Waals surface area contributed by atoms with E-state index in [1.807, 2.05) is 38.1 Å². The van der Waals surface area contributed by atoms with E-state index in [9.17, 15) is 4.79 Å². The number of aromatic nitrogens is 1. The van der Waals surface area contributed by atoms with Crippen molar-refractivity contribution in [2.24, 2.45) is 5.92 Å². The number of rotatable bonds is 4. The molecule has 2 N–H and O–H groups in total. The van der Waals surface area contributed by atoms with Crippen molar-refractivity contribution in [3.8, 4) is 11.6 Å². The normalized spacial score (nSPS) is 16.0. The van der Waals surface area contributed by atoms with Crippen molar-refractivity contribution in [2.75, 3.05) is 18.4 Å². The molecule has 0 bridgehead atoms. The SMILES string of the molecule is Cc1cccc(Oc2ncccc2NC(=O)C2CCCNC2)c1C.Cl.Cl. The number of carbonyl (C=O) groups is 1. The average Bonchev–Trinajstić information content (AvgIpc) is 2.61. The molecule has 1 saturated heterocycles. The highest BCUT2D eigenvalue weighted by atomic mass is 35.5. The number of piperidine rings is 1. The molecule has 7 heteroatoms. The highest BCUT2D eigenvalue weighted by Crippen LogP contribution is 2.30. The molecule has 26 heavy (non-hydrogen) atoms. The van der Waals surface area contributed by atoms with Gasteiger partial charge in [-0.05, 0) is 62.6 Å². The molecule has 1 amide bonds. The van der Waals surface area contributed by atoms with Crippen LogP contribution in [0.1, 0.15) is 24.0 Å². The Labute approximate surface area is 166 Å². The molecule has 1 unspecified atom stereocenters. The number of hydrogen-bond acceptors (Lipinski definition) is 4. The van der Waals surface area contributed by atoms with Gasteiger partial charge in [0, 0.05) is 12.7 Å². The molecule has 2 aromatic rings. The lowest BCUT2D eigenvalue weighted by molar-refractivity contribution is -0.120. The molecule has 0 saturated carbocycles. The quantitative estimate of drug-likeness (QED) is 0.808. The van der Waals surface area contributed by atoms with Gasteiger partial charge in [0.1, 0.15) is 11.4 Å². The van der Waals surface area contributed by atoms with Gasteiger partial charge in [0.15, 0.2) is 0 Å². The second-order valence-electron chi connectivity index (χ2n) is 6.19. The van der Waals surface area contributed by atoms with Gasteiger partial charge >= 0.3 is 0 Å². The Balaban J connectivity index is 0.00000169. The molecule has 1 aromatic heterocycles. The van der Waals surface area contributed by atoms with Gasteiger partial charge in [-0.25, -0.2) is 4.98 Å². The molecule has 0 spiro atoms. The number of halogens is 2. The number of ether oxygens (including phenoxy) is 1. The third-order valence-electron chi connectivity index (χ3n) is 4.46. The maximum absolute atomic E-state index is 12.5. The Morgan fingerprint density at radius 3 is 2.77 bits per heavy atom. The Hall–Kier alpha value is -1.82. The summed E-state index contributed by atoms with van der Waals surface area (Å²) < 4.78 is 5.97. The Bertz CT molecular complexity index is 734. The summed E-state index contributed by atoms with van der Waals surface area (Å²) in [5.41, 5.74) is 2.83. The van der Waals surface area contributed by atoms with Gasteiger partial charge < -0.3 is 15.4 Å². The van der Waals surface area contributed by atoms with Crippen LogP contribution in [0.4, 0.5) is 5.69 Å². The van der Waals surface area contributed by atoms with E-state index >= 15 is 0 Å². The molecule has 0 aliphatic carbocycles. The van der Waals surface area contributed by atoms with Gasteiger partial charge in [0.25, 0.3) is 0 Å². The lowest BCUT2D eigenvalue weighted by Crippen LogP contribution is -2.37. The monoisotopic (exact) mass is 397 g/mol. The minimum absolute atomic E-state index is 0. The molecular weight excluding hydrogens is 373 g/mol. The van der Waals surface area contributed by atoms with Crippen LogP contribution >= 0.6 is 24.8 Å². The number of benzene rings is 1. The summed E-state index contributed by atoms with van der Waals surface area (Å²) in [6, 6.07) is 9.52. The summed E-state index contributed by atoms with van der Waals surface area (Å²) in [5, 5.41) is 6.23. The van der Waals surface area contributed by atoms with E-state index in [1.54, 1.807) is 12.3 Å². The predicted molar refractivity (Wildman–Crippen MR) is 109 cm³/mol. The van der Waals surface area contributed by atoms with Crippen LogP contribution in [-0.2, 0) is 4.79 Å². The topological polar surface area (TPSA) is 63.2 Å². The maximum atomic E-state index is 12.5. The van der Waals surface area contributed by atoms with Gasteiger partial charge in [-0.2, -0.15) is 0 Å². The lowest BCUT2D eigenvalue weighted by atomic mass is 9.99. The zero-order chi connectivity index (χ0) is 16.9. The molecule has 3 rings (SSSR count). The van der Waals surface area contributed by atoms with Crippen LogP contribution in [0.25, 0.3) is 0 Å². The van der Waals surface area contributed by atoms with E-state index in [2.05, 4.69) is 15.6 Å². The summed E-state index contributed by atoms with van der Waals surface area (Å²) in [4.78, 5) is 16.7. The van der Waals surface area contributed by atoms with Crippen LogP contribution in [0.3, 0.4) is 0 Å². The fourth-order valence-electron chi connectivity index (χ4n) is 2.82. The van der Waals surface area contributed by atoms with Crippen molar-refractivity contribution in [3.05, 3.63) is 47.7 Å². The number of hydrogen-bond donors (Lipinski definition) is 2. The maximum Gasteiger partial charge on any atom is 0.243 e. The summed E-state index contributed by atoms with van der Waals surface area (Å²) in [5.74, 6) is 1.18. The predicted octanol–water partition coefficient (Wildman–Crippen LogP) is 4.27. The number of amides is 1. The van der Waals surface area contributed by atoms with E-state index in [0.29, 0.717) is 11.6 Å². The second-order valence-corrected chi connectivity index (χ2v) is 6.19. The largest absolute Gasteiger partial charge is 0.437 e. The van der Waals surface area contributed by atoms with Gasteiger partial charge in [-0.1, -0.05) is 12.1 Å². The summed E-state index contributed by atoms with van der Waals surface area (Å²) in [6.45, 7) is 5.76. The number of nitrogens with zero attached hydrogens (tertiary/aromatic N) is 1. The molecule has 1 aliphatic heterocycles. The molecule has 1 aliphatic rings. The number of aryl methyl sites for hydroxylation is 1. The summed E-state index contributed by atoms with van der Waals surface area (Å²) in [6.07, 6.45) is 3.60. The van der Waals surface area contributed by atoms with Crippen molar-refractivity contribution in [3.63, 3.8) is 0 Å². The highest BCUT2D eigenvalue weighted by molar-refractivity contribution is 5.93. The molecule has 1 fully saturated rings. The van der Waals surface area contributed by atoms with E-state index in [1.165, 1.54) is 0 Å². The first kappa shape index (κ1) is 22.2. The molecule has 1 aromatic carbocycles. The summed E-state index contributed by atoms with van der Waals surface area (Å²) in [7, 11) is 0. The van der Waals surface area contributed by atoms with Crippen molar-refractivity contribution in [2.45, 2.75) is 26.7 Å². The minimum Gasteiger partial charge on any atom is -0.437 e. The van der Waals surface area contributed by atoms with Gasteiger partial charge in [-0.3, -0.25) is 4.79 Å². The first-order valence-electron chi connectivity index (χ1n) is 8.36. The molecular formula is C19H25Cl2N3O2. The minimum atomic E-state index is -0.00693. The number of carbonyl (C=O) groups excluding carboxylic acids is 1. The van der Waals surface area contributed by atoms with Crippen molar-refractivity contribution in [1.82, 2.24) is 10.3 Å². The lowest BCUT2D eigenvalue weighted by Gasteiger charge is -2.22. The molecule has 0 radical (unpaired) electrons. The first-order chi connectivity index (χ1) is 11.6. The van der Waals surface area contributed by atoms with Crippen LogP contribution in [-0.4, -0.2) is 24.0 Å². The third-order valence-corrected chi connectivity index (χ3v) is 4.46. The number of pyridine rings is 1. The van der Waals surface area contributed by atoms with Gasteiger partial charge in [-0.15, -0.1) is 24.8 Å². The zero-order valence-electron chi connectivity index (χ0n) is 15.0. The Morgan fingerprint density at radius 2 is 2.04 bits per heavy atom. The van der Waals surface area contributed by atoms with E-state index in [4.69, 9.17) is 4.74 Å².